The minimum atomic E-state index is -3.27. The zero-order chi connectivity index (χ0) is 10.8. The zero-order valence-electron chi connectivity index (χ0n) is 8.32. The predicted octanol–water partition coefficient (Wildman–Crippen LogP) is 0.498. The second-order valence-electron chi connectivity index (χ2n) is 3.71. The maximum absolute atomic E-state index is 11.3. The van der Waals surface area contributed by atoms with Gasteiger partial charge in [0.1, 0.15) is 0 Å². The van der Waals surface area contributed by atoms with Crippen molar-refractivity contribution in [3.05, 3.63) is 6.26 Å². The lowest BCUT2D eigenvalue weighted by Gasteiger charge is -2.27. The van der Waals surface area contributed by atoms with Gasteiger partial charge in [-0.15, -0.1) is 0 Å². The molecule has 1 amide bonds. The van der Waals surface area contributed by atoms with Crippen LogP contribution in [-0.2, 0) is 14.6 Å². The molecule has 2 atom stereocenters. The molecule has 0 spiro atoms. The summed E-state index contributed by atoms with van der Waals surface area (Å²) in [6, 6.07) is 0. The van der Waals surface area contributed by atoms with Crippen LogP contribution in [0, 0.1) is 12.2 Å². The van der Waals surface area contributed by atoms with Crippen LogP contribution in [0.5, 0.6) is 0 Å². The van der Waals surface area contributed by atoms with E-state index >= 15 is 0 Å². The minimum absolute atomic E-state index is 0.0525. The van der Waals surface area contributed by atoms with E-state index in [4.69, 9.17) is 0 Å². The molecule has 1 rings (SSSR count). The van der Waals surface area contributed by atoms with E-state index in [0.717, 1.165) is 6.42 Å². The molecule has 0 aromatic rings. The van der Waals surface area contributed by atoms with Crippen LogP contribution in [0.4, 0.5) is 0 Å². The third-order valence-electron chi connectivity index (χ3n) is 2.67. The maximum Gasteiger partial charge on any atom is 0.220 e. The van der Waals surface area contributed by atoms with Gasteiger partial charge in [-0.1, -0.05) is 6.92 Å². The molecular formula is C9H16NO3S. The van der Waals surface area contributed by atoms with Gasteiger partial charge in [0.25, 0.3) is 0 Å². The molecule has 1 aliphatic heterocycles. The van der Waals surface area contributed by atoms with E-state index in [1.807, 2.05) is 6.92 Å². The number of carbonyl (C=O) groups excluding carboxylic acids is 1. The average Bonchev–Trinajstić information content (AvgIpc) is 2.02. The summed E-state index contributed by atoms with van der Waals surface area (Å²) in [5.41, 5.74) is 0. The van der Waals surface area contributed by atoms with Crippen molar-refractivity contribution in [1.29, 1.82) is 0 Å². The van der Waals surface area contributed by atoms with Crippen molar-refractivity contribution in [3.63, 3.8) is 0 Å². The van der Waals surface area contributed by atoms with Crippen LogP contribution >= 0.6 is 0 Å². The number of piperidine rings is 1. The molecule has 1 fully saturated rings. The van der Waals surface area contributed by atoms with Gasteiger partial charge in [0.2, 0.25) is 5.91 Å². The summed E-state index contributed by atoms with van der Waals surface area (Å²) in [4.78, 5) is 11.1. The van der Waals surface area contributed by atoms with Crippen molar-refractivity contribution < 1.29 is 13.2 Å². The van der Waals surface area contributed by atoms with Gasteiger partial charge in [-0.3, -0.25) is 4.79 Å². The van der Waals surface area contributed by atoms with Crippen LogP contribution in [0.1, 0.15) is 26.2 Å². The first-order valence-electron chi connectivity index (χ1n) is 4.78. The van der Waals surface area contributed by atoms with Gasteiger partial charge < -0.3 is 5.32 Å². The van der Waals surface area contributed by atoms with Crippen LogP contribution in [-0.4, -0.2) is 26.1 Å². The largest absolute Gasteiger partial charge is 0.356 e. The highest BCUT2D eigenvalue weighted by Crippen LogP contribution is 2.24. The van der Waals surface area contributed by atoms with Crippen molar-refractivity contribution in [2.24, 2.45) is 5.92 Å². The second-order valence-corrected chi connectivity index (χ2v) is 5.64. The number of sulfone groups is 1. The maximum atomic E-state index is 11.3. The number of nitrogens with one attached hydrogen (secondary N) is 1. The molecule has 0 aromatic heterocycles. The smallest absolute Gasteiger partial charge is 0.220 e. The van der Waals surface area contributed by atoms with Crippen LogP contribution in [0.2, 0.25) is 0 Å². The number of rotatable bonds is 3. The molecule has 14 heavy (non-hydrogen) atoms. The first-order valence-corrected chi connectivity index (χ1v) is 6.50. The summed E-state index contributed by atoms with van der Waals surface area (Å²) in [6.07, 6.45) is 4.76. The zero-order valence-corrected chi connectivity index (χ0v) is 9.14. The third-order valence-corrected chi connectivity index (χ3v) is 4.32. The van der Waals surface area contributed by atoms with Gasteiger partial charge in [-0.05, 0) is 18.8 Å². The topological polar surface area (TPSA) is 63.2 Å². The Morgan fingerprint density at radius 3 is 2.71 bits per heavy atom. The Bertz CT molecular complexity index is 310. The summed E-state index contributed by atoms with van der Waals surface area (Å²) in [6.45, 7) is 2.40. The third kappa shape index (κ3) is 2.70. The molecule has 0 saturated carbocycles. The first kappa shape index (κ1) is 11.5. The SMILES string of the molecule is [CH2]S(=O)(=O)C(CC)C1CCNC(=O)C1. The molecule has 0 bridgehead atoms. The quantitative estimate of drug-likeness (QED) is 0.750. The van der Waals surface area contributed by atoms with Crippen LogP contribution < -0.4 is 5.32 Å². The molecule has 1 aliphatic rings. The van der Waals surface area contributed by atoms with Gasteiger partial charge in [-0.2, -0.15) is 0 Å². The Balaban J connectivity index is 2.74. The first-order chi connectivity index (χ1) is 6.45. The molecule has 81 valence electrons. The van der Waals surface area contributed by atoms with E-state index < -0.39 is 15.1 Å². The fourth-order valence-electron chi connectivity index (χ4n) is 2.01. The molecule has 0 aliphatic carbocycles. The van der Waals surface area contributed by atoms with Crippen molar-refractivity contribution in [1.82, 2.24) is 5.32 Å². The summed E-state index contributed by atoms with van der Waals surface area (Å²) in [5, 5.41) is 2.22. The molecule has 2 unspecified atom stereocenters. The molecule has 1 heterocycles. The van der Waals surface area contributed by atoms with E-state index in [1.54, 1.807) is 0 Å². The van der Waals surface area contributed by atoms with E-state index in [2.05, 4.69) is 11.6 Å². The van der Waals surface area contributed by atoms with Gasteiger partial charge in [0, 0.05) is 13.0 Å². The van der Waals surface area contributed by atoms with Gasteiger partial charge in [-0.25, -0.2) is 8.42 Å². The summed E-state index contributed by atoms with van der Waals surface area (Å²) in [5.74, 6) is -0.111. The van der Waals surface area contributed by atoms with Crippen LogP contribution in [0.15, 0.2) is 0 Å². The Labute approximate surface area is 85.0 Å². The lowest BCUT2D eigenvalue weighted by Crippen LogP contribution is -2.40. The molecule has 1 saturated heterocycles. The highest BCUT2D eigenvalue weighted by Gasteiger charge is 2.32. The van der Waals surface area contributed by atoms with Crippen LogP contribution in [0.25, 0.3) is 0 Å². The van der Waals surface area contributed by atoms with Gasteiger partial charge >= 0.3 is 0 Å². The fourth-order valence-corrected chi connectivity index (χ4v) is 3.33. The highest BCUT2D eigenvalue weighted by molar-refractivity contribution is 7.93. The normalized spacial score (nSPS) is 25.6. The monoisotopic (exact) mass is 218 g/mol. The Morgan fingerprint density at radius 1 is 1.64 bits per heavy atom. The molecule has 1 radical (unpaired) electrons. The Morgan fingerprint density at radius 2 is 2.29 bits per heavy atom. The van der Waals surface area contributed by atoms with Crippen molar-refractivity contribution in [2.45, 2.75) is 31.4 Å². The number of hydrogen-bond donors (Lipinski definition) is 1. The van der Waals surface area contributed by atoms with Gasteiger partial charge in [0.15, 0.2) is 9.84 Å². The van der Waals surface area contributed by atoms with Crippen molar-refractivity contribution >= 4 is 15.7 Å². The lowest BCUT2D eigenvalue weighted by molar-refractivity contribution is -0.123. The number of amides is 1. The van der Waals surface area contributed by atoms with Gasteiger partial charge in [0.05, 0.1) is 11.5 Å². The highest BCUT2D eigenvalue weighted by atomic mass is 32.2. The predicted molar refractivity (Wildman–Crippen MR) is 54.1 cm³/mol. The fraction of sp³-hybridized carbons (Fsp3) is 0.778. The Kier molecular flexibility index (Phi) is 3.53. The van der Waals surface area contributed by atoms with E-state index in [9.17, 15) is 13.2 Å². The molecular weight excluding hydrogens is 202 g/mol. The lowest BCUT2D eigenvalue weighted by atomic mass is 9.92. The van der Waals surface area contributed by atoms with E-state index in [-0.39, 0.29) is 11.8 Å². The average molecular weight is 218 g/mol. The number of carbonyl (C=O) groups is 1. The van der Waals surface area contributed by atoms with Crippen LogP contribution in [0.3, 0.4) is 0 Å². The molecule has 5 heteroatoms. The molecule has 1 N–H and O–H groups in total. The standard InChI is InChI=1S/C9H16NO3S/c1-3-8(14(2,12)13)7-4-5-10-9(11)6-7/h7-8H,2-6H2,1H3,(H,10,11). The summed E-state index contributed by atoms with van der Waals surface area (Å²) >= 11 is 0. The van der Waals surface area contributed by atoms with Crippen molar-refractivity contribution in [2.75, 3.05) is 6.54 Å². The molecule has 4 nitrogen and oxygen atoms in total. The summed E-state index contributed by atoms with van der Waals surface area (Å²) < 4.78 is 22.7. The van der Waals surface area contributed by atoms with E-state index in [1.165, 1.54) is 0 Å². The van der Waals surface area contributed by atoms with E-state index in [0.29, 0.717) is 19.4 Å². The summed E-state index contributed by atoms with van der Waals surface area (Å²) in [7, 11) is -3.27. The second kappa shape index (κ2) is 4.29. The molecule has 0 aromatic carbocycles. The van der Waals surface area contributed by atoms with Crippen molar-refractivity contribution in [3.8, 4) is 0 Å². The Hall–Kier alpha value is -0.580. The minimum Gasteiger partial charge on any atom is -0.356 e. The number of hydrogen-bond acceptors (Lipinski definition) is 3.